The molecular formula is H10BFO8Si. The molecule has 0 saturated heterocycles. The Bertz CT molecular complexity index is 50.8. The van der Waals surface area contributed by atoms with Crippen LogP contribution in [-0.2, 0) is 0 Å². The molecule has 0 atom stereocenters. The van der Waals surface area contributed by atoms with Crippen molar-refractivity contribution in [2.75, 3.05) is 0 Å². The van der Waals surface area contributed by atoms with Gasteiger partial charge in [-0.1, -0.05) is 0 Å². The minimum absolute atomic E-state index is 0. The lowest BCUT2D eigenvalue weighted by Crippen LogP contribution is -2.33. The van der Waals surface area contributed by atoms with Gasteiger partial charge in [-0.2, -0.15) is 0 Å². The zero-order valence-electron chi connectivity index (χ0n) is 5.12. The van der Waals surface area contributed by atoms with Crippen LogP contribution < -0.4 is 0 Å². The molecule has 11 heteroatoms. The first-order valence-electron chi connectivity index (χ1n) is 1.67. The molecule has 0 spiro atoms. The van der Waals surface area contributed by atoms with Gasteiger partial charge in [-0.25, -0.2) is 0 Å². The van der Waals surface area contributed by atoms with Gasteiger partial charge in [0.25, 0.3) is 0 Å². The summed E-state index contributed by atoms with van der Waals surface area (Å²) in [5, 5.41) is 21.5. The largest absolute Gasteiger partial charge is 0.668 e. The molecule has 0 bridgehead atoms. The van der Waals surface area contributed by atoms with Crippen molar-refractivity contribution in [1.29, 1.82) is 0 Å². The number of halogens is 1. The van der Waals surface area contributed by atoms with Crippen LogP contribution in [0, 0.1) is 0 Å². The molecule has 0 radical (unpaired) electrons. The number of rotatable bonds is 0. The van der Waals surface area contributed by atoms with Crippen LogP contribution in [0.15, 0.2) is 0 Å². The first-order chi connectivity index (χ1) is 3.73. The summed E-state index contributed by atoms with van der Waals surface area (Å²) >= 11 is 0. The van der Waals surface area contributed by atoms with Gasteiger partial charge in [0.1, 0.15) is 0 Å². The van der Waals surface area contributed by atoms with Gasteiger partial charge in [-0.05, 0) is 0 Å². The van der Waals surface area contributed by atoms with Gasteiger partial charge < -0.3 is 39.7 Å². The second kappa shape index (κ2) is 9.89. The Morgan fingerprint density at radius 1 is 0.818 bits per heavy atom. The second-order valence-corrected chi connectivity index (χ2v) is 2.15. The van der Waals surface area contributed by atoms with Crippen molar-refractivity contribution >= 4 is 16.4 Å². The number of hydrogen-bond acceptors (Lipinski definition) is 7. The Kier molecular flexibility index (Phi) is 20.2. The summed E-state index contributed by atoms with van der Waals surface area (Å²) in [7, 11) is -6.78. The maximum absolute atomic E-state index is 7.33. The van der Waals surface area contributed by atoms with Crippen molar-refractivity contribution in [3.8, 4) is 0 Å². The highest BCUT2D eigenvalue weighted by molar-refractivity contribution is 6.46. The molecule has 0 saturated carbocycles. The van der Waals surface area contributed by atoms with Crippen LogP contribution in [0.25, 0.3) is 0 Å². The zero-order valence-corrected chi connectivity index (χ0v) is 6.12. The van der Waals surface area contributed by atoms with Crippen molar-refractivity contribution in [1.82, 2.24) is 0 Å². The summed E-state index contributed by atoms with van der Waals surface area (Å²) in [6, 6.07) is 0. The standard InChI is InChI=1S/BH3O3.FH.H4O4Si.H2O/c2-1(3)4;;1-5(2,3)4;/h2-4H;1H;1-4H;1H2. The normalized spacial score (nSPS) is 7.91. The van der Waals surface area contributed by atoms with E-state index in [0.717, 1.165) is 0 Å². The Labute approximate surface area is 62.0 Å². The lowest BCUT2D eigenvalue weighted by Gasteiger charge is -1.91. The molecular weight excluding hydrogens is 186 g/mol. The molecule has 0 fully saturated rings. The van der Waals surface area contributed by atoms with Gasteiger partial charge in [0, 0.05) is 0 Å². The highest BCUT2D eigenvalue weighted by Crippen LogP contribution is 1.67. The van der Waals surface area contributed by atoms with E-state index >= 15 is 0 Å². The molecule has 0 aliphatic carbocycles. The molecule has 0 aromatic rings. The van der Waals surface area contributed by atoms with E-state index in [0.29, 0.717) is 0 Å². The van der Waals surface area contributed by atoms with E-state index in [-0.39, 0.29) is 10.2 Å². The van der Waals surface area contributed by atoms with Crippen LogP contribution in [0.1, 0.15) is 0 Å². The molecule has 0 aromatic heterocycles. The average Bonchev–Trinajstić information content (AvgIpc) is 1.19. The first kappa shape index (κ1) is 22.4. The molecule has 0 aliphatic rings. The van der Waals surface area contributed by atoms with E-state index < -0.39 is 16.4 Å². The predicted octanol–water partition coefficient (Wildman–Crippen LogP) is -5.33. The monoisotopic (exact) mass is 196 g/mol. The van der Waals surface area contributed by atoms with Gasteiger partial charge >= 0.3 is 16.4 Å². The smallest absolute Gasteiger partial charge is 0.412 e. The van der Waals surface area contributed by atoms with E-state index in [1.165, 1.54) is 0 Å². The van der Waals surface area contributed by atoms with E-state index in [4.69, 9.17) is 34.3 Å². The molecule has 0 unspecified atom stereocenters. The quantitative estimate of drug-likeness (QED) is 0.189. The van der Waals surface area contributed by atoms with Crippen LogP contribution in [0.2, 0.25) is 0 Å². The molecule has 9 N–H and O–H groups in total. The summed E-state index contributed by atoms with van der Waals surface area (Å²) in [6.45, 7) is 0. The third-order valence-corrected chi connectivity index (χ3v) is 0. The van der Waals surface area contributed by atoms with E-state index in [1.54, 1.807) is 0 Å². The Morgan fingerprint density at radius 3 is 0.818 bits per heavy atom. The minimum atomic E-state index is -4.61. The van der Waals surface area contributed by atoms with Crippen LogP contribution in [-0.4, -0.2) is 56.1 Å². The van der Waals surface area contributed by atoms with E-state index in [9.17, 15) is 0 Å². The summed E-state index contributed by atoms with van der Waals surface area (Å²) in [5.41, 5.74) is 0. The third kappa shape index (κ3) is 52600. The zero-order chi connectivity index (χ0) is 8.08. The molecule has 72 valence electrons. The topological polar surface area (TPSA) is 173 Å². The van der Waals surface area contributed by atoms with Crippen LogP contribution in [0.5, 0.6) is 0 Å². The Morgan fingerprint density at radius 2 is 0.818 bits per heavy atom. The van der Waals surface area contributed by atoms with Crippen molar-refractivity contribution < 1.29 is 44.4 Å². The van der Waals surface area contributed by atoms with Crippen LogP contribution in [0.4, 0.5) is 4.70 Å². The molecule has 11 heavy (non-hydrogen) atoms. The van der Waals surface area contributed by atoms with Gasteiger partial charge in [0.15, 0.2) is 0 Å². The highest BCUT2D eigenvalue weighted by atomic mass is 28.4. The van der Waals surface area contributed by atoms with Crippen molar-refractivity contribution in [2.45, 2.75) is 0 Å². The Hall–Kier alpha value is -0.108. The fourth-order valence-electron chi connectivity index (χ4n) is 0. The molecule has 0 aromatic carbocycles. The lowest BCUT2D eigenvalue weighted by molar-refractivity contribution is 0.117. The maximum atomic E-state index is 7.33. The SMILES string of the molecule is F.O.OB(O)O.O[Si](O)(O)O. The van der Waals surface area contributed by atoms with Gasteiger partial charge in [-0.15, -0.1) is 0 Å². The van der Waals surface area contributed by atoms with Crippen molar-refractivity contribution in [2.24, 2.45) is 0 Å². The fourth-order valence-corrected chi connectivity index (χ4v) is 0. The van der Waals surface area contributed by atoms with Gasteiger partial charge in [0.05, 0.1) is 0 Å². The first-order valence-corrected chi connectivity index (χ1v) is 3.46. The molecule has 0 amide bonds. The fraction of sp³-hybridized carbons (Fsp3) is 0. The highest BCUT2D eigenvalue weighted by Gasteiger charge is 2.22. The number of hydrogen-bond donors (Lipinski definition) is 7. The van der Waals surface area contributed by atoms with Crippen molar-refractivity contribution in [3.05, 3.63) is 0 Å². The predicted molar refractivity (Wildman–Crippen MR) is 33.2 cm³/mol. The molecule has 0 rings (SSSR count). The second-order valence-electron chi connectivity index (χ2n) is 0.946. The average molecular weight is 196 g/mol. The van der Waals surface area contributed by atoms with Gasteiger partial charge in [-0.3, -0.25) is 4.70 Å². The summed E-state index contributed by atoms with van der Waals surface area (Å²) in [4.78, 5) is 29.3. The molecule has 0 aliphatic heterocycles. The van der Waals surface area contributed by atoms with Crippen LogP contribution in [0.3, 0.4) is 0 Å². The van der Waals surface area contributed by atoms with Crippen molar-refractivity contribution in [3.63, 3.8) is 0 Å². The summed E-state index contributed by atoms with van der Waals surface area (Å²) in [6.07, 6.45) is 0. The van der Waals surface area contributed by atoms with E-state index in [1.807, 2.05) is 0 Å². The van der Waals surface area contributed by atoms with Gasteiger partial charge in [0.2, 0.25) is 0 Å². The summed E-state index contributed by atoms with van der Waals surface area (Å²) < 4.78 is 0. The third-order valence-electron chi connectivity index (χ3n) is 0. The van der Waals surface area contributed by atoms with Crippen LogP contribution >= 0.6 is 0 Å². The maximum Gasteiger partial charge on any atom is 0.668 e. The summed E-state index contributed by atoms with van der Waals surface area (Å²) in [5.74, 6) is 0. The molecule has 0 heterocycles. The minimum Gasteiger partial charge on any atom is -0.412 e. The van der Waals surface area contributed by atoms with E-state index in [2.05, 4.69) is 0 Å². The molecule has 8 nitrogen and oxygen atoms in total. The lowest BCUT2D eigenvalue weighted by atomic mass is 10.3. The Balaban J connectivity index is -0.0000000383.